The first-order chi connectivity index (χ1) is 10.6. The summed E-state index contributed by atoms with van der Waals surface area (Å²) < 4.78 is 0. The molecule has 4 N–H and O–H groups in total. The van der Waals surface area contributed by atoms with Gasteiger partial charge in [-0.2, -0.15) is 5.10 Å². The summed E-state index contributed by atoms with van der Waals surface area (Å²) in [6.45, 7) is 0.363. The van der Waals surface area contributed by atoms with Gasteiger partial charge in [-0.15, -0.1) is 0 Å². The van der Waals surface area contributed by atoms with Crippen LogP contribution in [0.4, 0.5) is 0 Å². The van der Waals surface area contributed by atoms with Crippen LogP contribution in [0.5, 0.6) is 0 Å². The topological polar surface area (TPSA) is 101 Å². The van der Waals surface area contributed by atoms with Gasteiger partial charge in [0.25, 0.3) is 5.91 Å². The number of para-hydroxylation sites is 1. The molecule has 6 nitrogen and oxygen atoms in total. The molecule has 0 aliphatic rings. The van der Waals surface area contributed by atoms with Crippen molar-refractivity contribution in [1.29, 1.82) is 0 Å². The number of aromatic amines is 1. The first-order valence-corrected chi connectivity index (χ1v) is 6.74. The average Bonchev–Trinajstić information content (AvgIpc) is 3.01. The van der Waals surface area contributed by atoms with Crippen LogP contribution in [-0.4, -0.2) is 22.0 Å². The lowest BCUT2D eigenvalue weighted by Crippen LogP contribution is -2.23. The predicted octanol–water partition coefficient (Wildman–Crippen LogP) is 1.59. The summed E-state index contributed by atoms with van der Waals surface area (Å²) in [6.07, 6.45) is 1.68. The molecule has 6 heteroatoms. The smallest absolute Gasteiger partial charge is 0.253 e. The summed E-state index contributed by atoms with van der Waals surface area (Å²) in [5, 5.41) is 10.5. The molecule has 0 aliphatic carbocycles. The third-order valence-electron chi connectivity index (χ3n) is 3.41. The van der Waals surface area contributed by atoms with E-state index in [4.69, 9.17) is 5.73 Å². The molecule has 0 bridgehead atoms. The SMILES string of the molecule is NC(=O)c1ccc(CNC(=O)c2cccc3cn[nH]c23)cc1. The van der Waals surface area contributed by atoms with E-state index in [0.29, 0.717) is 23.2 Å². The van der Waals surface area contributed by atoms with E-state index in [-0.39, 0.29) is 5.91 Å². The number of benzene rings is 2. The second-order valence-corrected chi connectivity index (χ2v) is 4.88. The van der Waals surface area contributed by atoms with E-state index in [1.807, 2.05) is 12.1 Å². The molecule has 0 unspecified atom stereocenters. The standard InChI is InChI=1S/C16H14N4O2/c17-15(21)11-6-4-10(5-7-11)8-18-16(22)13-3-1-2-12-9-19-20-14(12)13/h1-7,9H,8H2,(H2,17,21)(H,18,22)(H,19,20). The van der Waals surface area contributed by atoms with Gasteiger partial charge in [-0.25, -0.2) is 0 Å². The Balaban J connectivity index is 1.72. The van der Waals surface area contributed by atoms with Gasteiger partial charge in [0.1, 0.15) is 0 Å². The van der Waals surface area contributed by atoms with Crippen molar-refractivity contribution in [1.82, 2.24) is 15.5 Å². The van der Waals surface area contributed by atoms with Crippen molar-refractivity contribution in [2.45, 2.75) is 6.54 Å². The van der Waals surface area contributed by atoms with Gasteiger partial charge in [-0.1, -0.05) is 24.3 Å². The number of fused-ring (bicyclic) bond motifs is 1. The van der Waals surface area contributed by atoms with Crippen LogP contribution in [0.2, 0.25) is 0 Å². The van der Waals surface area contributed by atoms with Crippen LogP contribution in [0.15, 0.2) is 48.7 Å². The molecular formula is C16H14N4O2. The Hall–Kier alpha value is -3.15. The zero-order valence-electron chi connectivity index (χ0n) is 11.7. The van der Waals surface area contributed by atoms with Crippen molar-refractivity contribution >= 4 is 22.7 Å². The molecule has 22 heavy (non-hydrogen) atoms. The van der Waals surface area contributed by atoms with E-state index in [1.54, 1.807) is 36.5 Å². The number of nitrogens with zero attached hydrogens (tertiary/aromatic N) is 1. The normalized spacial score (nSPS) is 10.5. The number of nitrogens with one attached hydrogen (secondary N) is 2. The number of hydrogen-bond acceptors (Lipinski definition) is 3. The van der Waals surface area contributed by atoms with Crippen molar-refractivity contribution in [3.63, 3.8) is 0 Å². The maximum absolute atomic E-state index is 12.3. The number of aromatic nitrogens is 2. The quantitative estimate of drug-likeness (QED) is 0.681. The lowest BCUT2D eigenvalue weighted by atomic mass is 10.1. The molecule has 0 radical (unpaired) electrons. The maximum atomic E-state index is 12.3. The van der Waals surface area contributed by atoms with Gasteiger partial charge in [-0.05, 0) is 23.8 Å². The van der Waals surface area contributed by atoms with Crippen LogP contribution < -0.4 is 11.1 Å². The third-order valence-corrected chi connectivity index (χ3v) is 3.41. The van der Waals surface area contributed by atoms with Gasteiger partial charge >= 0.3 is 0 Å². The number of carbonyl (C=O) groups excluding carboxylic acids is 2. The molecule has 0 spiro atoms. The van der Waals surface area contributed by atoms with Gasteiger partial charge in [-0.3, -0.25) is 14.7 Å². The van der Waals surface area contributed by atoms with Gasteiger partial charge in [0, 0.05) is 17.5 Å². The van der Waals surface area contributed by atoms with Gasteiger partial charge < -0.3 is 11.1 Å². The van der Waals surface area contributed by atoms with E-state index < -0.39 is 5.91 Å². The molecule has 0 aliphatic heterocycles. The molecule has 110 valence electrons. The molecule has 0 saturated carbocycles. The largest absolute Gasteiger partial charge is 0.366 e. The summed E-state index contributed by atoms with van der Waals surface area (Å²) >= 11 is 0. The van der Waals surface area contributed by atoms with Crippen molar-refractivity contribution in [2.75, 3.05) is 0 Å². The first-order valence-electron chi connectivity index (χ1n) is 6.74. The Morgan fingerprint density at radius 1 is 1.14 bits per heavy atom. The fraction of sp³-hybridized carbons (Fsp3) is 0.0625. The van der Waals surface area contributed by atoms with E-state index >= 15 is 0 Å². The fourth-order valence-corrected chi connectivity index (χ4v) is 2.22. The molecule has 0 saturated heterocycles. The number of nitrogens with two attached hydrogens (primary N) is 1. The minimum Gasteiger partial charge on any atom is -0.366 e. The highest BCUT2D eigenvalue weighted by Gasteiger charge is 2.10. The molecule has 0 atom stereocenters. The molecule has 2 aromatic carbocycles. The predicted molar refractivity (Wildman–Crippen MR) is 82.2 cm³/mol. The third kappa shape index (κ3) is 2.67. The lowest BCUT2D eigenvalue weighted by molar-refractivity contribution is 0.0950. The average molecular weight is 294 g/mol. The van der Waals surface area contributed by atoms with Crippen molar-refractivity contribution < 1.29 is 9.59 Å². The van der Waals surface area contributed by atoms with Crippen molar-refractivity contribution in [3.05, 3.63) is 65.4 Å². The summed E-state index contributed by atoms with van der Waals surface area (Å²) in [6, 6.07) is 12.2. The molecule has 3 rings (SSSR count). The van der Waals surface area contributed by atoms with Gasteiger partial charge in [0.15, 0.2) is 0 Å². The molecule has 1 heterocycles. The maximum Gasteiger partial charge on any atom is 0.253 e. The number of rotatable bonds is 4. The van der Waals surface area contributed by atoms with Gasteiger partial charge in [0.2, 0.25) is 5.91 Å². The van der Waals surface area contributed by atoms with E-state index in [2.05, 4.69) is 15.5 Å². The van der Waals surface area contributed by atoms with Crippen molar-refractivity contribution in [3.8, 4) is 0 Å². The first kappa shape index (κ1) is 13.8. The Morgan fingerprint density at radius 3 is 2.64 bits per heavy atom. The highest BCUT2D eigenvalue weighted by molar-refractivity contribution is 6.05. The van der Waals surface area contributed by atoms with Crippen LogP contribution >= 0.6 is 0 Å². The summed E-state index contributed by atoms with van der Waals surface area (Å²) in [7, 11) is 0. The number of carbonyl (C=O) groups is 2. The lowest BCUT2D eigenvalue weighted by Gasteiger charge is -2.06. The summed E-state index contributed by atoms with van der Waals surface area (Å²) in [5.74, 6) is -0.657. The molecule has 2 amide bonds. The molecule has 1 aromatic heterocycles. The highest BCUT2D eigenvalue weighted by atomic mass is 16.2. The number of primary amides is 1. The Bertz CT molecular complexity index is 837. The minimum atomic E-state index is -0.471. The molecular weight excluding hydrogens is 280 g/mol. The van der Waals surface area contributed by atoms with Crippen LogP contribution in [0.25, 0.3) is 10.9 Å². The Kier molecular flexibility index (Phi) is 3.57. The van der Waals surface area contributed by atoms with E-state index in [1.165, 1.54) is 0 Å². The van der Waals surface area contributed by atoms with Gasteiger partial charge in [0.05, 0.1) is 17.3 Å². The summed E-state index contributed by atoms with van der Waals surface area (Å²) in [5.41, 5.74) is 7.77. The highest BCUT2D eigenvalue weighted by Crippen LogP contribution is 2.15. The zero-order valence-corrected chi connectivity index (χ0v) is 11.7. The Labute approximate surface area is 126 Å². The second kappa shape index (κ2) is 5.69. The molecule has 3 aromatic rings. The van der Waals surface area contributed by atoms with Crippen LogP contribution in [0, 0.1) is 0 Å². The minimum absolute atomic E-state index is 0.186. The van der Waals surface area contributed by atoms with Crippen molar-refractivity contribution in [2.24, 2.45) is 5.73 Å². The number of H-pyrrole nitrogens is 1. The van der Waals surface area contributed by atoms with Crippen LogP contribution in [0.3, 0.4) is 0 Å². The monoisotopic (exact) mass is 294 g/mol. The van der Waals surface area contributed by atoms with Crippen LogP contribution in [0.1, 0.15) is 26.3 Å². The fourth-order valence-electron chi connectivity index (χ4n) is 2.22. The second-order valence-electron chi connectivity index (χ2n) is 4.88. The number of amides is 2. The van der Waals surface area contributed by atoms with E-state index in [9.17, 15) is 9.59 Å². The zero-order chi connectivity index (χ0) is 15.5. The van der Waals surface area contributed by atoms with Crippen LogP contribution in [-0.2, 0) is 6.54 Å². The van der Waals surface area contributed by atoms with E-state index in [0.717, 1.165) is 10.9 Å². The molecule has 0 fully saturated rings. The Morgan fingerprint density at radius 2 is 1.91 bits per heavy atom. The summed E-state index contributed by atoms with van der Waals surface area (Å²) in [4.78, 5) is 23.3. The number of hydrogen-bond donors (Lipinski definition) is 3.